The molecule has 110 valence electrons. The molecule has 0 aliphatic rings. The van der Waals surface area contributed by atoms with E-state index in [-0.39, 0.29) is 0 Å². The number of hydrogen-bond donors (Lipinski definition) is 0. The van der Waals surface area contributed by atoms with Crippen LogP contribution in [-0.2, 0) is 6.61 Å². The van der Waals surface area contributed by atoms with Crippen LogP contribution in [0.3, 0.4) is 0 Å². The van der Waals surface area contributed by atoms with E-state index in [4.69, 9.17) is 10.00 Å². The Kier molecular flexibility index (Phi) is 3.82. The zero-order chi connectivity index (χ0) is 15.7. The van der Waals surface area contributed by atoms with Gasteiger partial charge in [0.2, 0.25) is 0 Å². The summed E-state index contributed by atoms with van der Waals surface area (Å²) in [6, 6.07) is 12.2. The second-order valence-electron chi connectivity index (χ2n) is 5.43. The lowest BCUT2D eigenvalue weighted by Crippen LogP contribution is -2.01. The molecule has 1 aromatic heterocycles. The van der Waals surface area contributed by atoms with Crippen molar-refractivity contribution in [3.63, 3.8) is 0 Å². The average molecular weight is 308 g/mol. The highest BCUT2D eigenvalue weighted by molar-refractivity contribution is 7.19. The minimum atomic E-state index is 0.484. The number of rotatable bonds is 3. The second kappa shape index (κ2) is 5.78. The highest BCUT2D eigenvalue weighted by Gasteiger charge is 2.07. The van der Waals surface area contributed by atoms with Crippen molar-refractivity contribution in [1.29, 1.82) is 5.26 Å². The van der Waals surface area contributed by atoms with Crippen LogP contribution < -0.4 is 4.74 Å². The molecule has 3 rings (SSSR count). The minimum Gasteiger partial charge on any atom is -0.489 e. The molecule has 0 bridgehead atoms. The summed E-state index contributed by atoms with van der Waals surface area (Å²) in [6.45, 7) is 6.89. The van der Waals surface area contributed by atoms with Crippen molar-refractivity contribution in [2.45, 2.75) is 27.4 Å². The molecular formula is C18H16N2OS. The monoisotopic (exact) mass is 308 g/mol. The summed E-state index contributed by atoms with van der Waals surface area (Å²) < 4.78 is 6.92. The van der Waals surface area contributed by atoms with Crippen LogP contribution in [0.1, 0.15) is 27.3 Å². The average Bonchev–Trinajstić information content (AvgIpc) is 2.88. The number of ether oxygens (including phenoxy) is 1. The van der Waals surface area contributed by atoms with Gasteiger partial charge in [0.1, 0.15) is 18.4 Å². The van der Waals surface area contributed by atoms with Crippen LogP contribution in [0.4, 0.5) is 0 Å². The number of aryl methyl sites for hydroxylation is 3. The largest absolute Gasteiger partial charge is 0.489 e. The zero-order valence-corrected chi connectivity index (χ0v) is 13.6. The van der Waals surface area contributed by atoms with E-state index in [9.17, 15) is 0 Å². The van der Waals surface area contributed by atoms with Crippen molar-refractivity contribution < 1.29 is 4.74 Å². The van der Waals surface area contributed by atoms with Crippen molar-refractivity contribution in [2.75, 3.05) is 0 Å². The molecule has 3 aromatic rings. The summed E-state index contributed by atoms with van der Waals surface area (Å²) in [5, 5.41) is 9.39. The standard InChI is InChI=1S/C18H16N2OS/c1-11-6-12(2)15(13(3)7-11)10-21-14-4-5-16-17(8-14)22-18(9-19)20-16/h4-8H,10H2,1-3H3. The van der Waals surface area contributed by atoms with E-state index in [0.29, 0.717) is 11.6 Å². The molecule has 0 unspecified atom stereocenters. The maximum Gasteiger partial charge on any atom is 0.195 e. The van der Waals surface area contributed by atoms with Gasteiger partial charge in [-0.05, 0) is 55.7 Å². The molecule has 3 nitrogen and oxygen atoms in total. The Bertz CT molecular complexity index is 867. The van der Waals surface area contributed by atoms with E-state index in [1.807, 2.05) is 18.2 Å². The number of benzene rings is 2. The molecule has 0 saturated carbocycles. The maximum absolute atomic E-state index is 8.91. The Labute approximate surface area is 133 Å². The van der Waals surface area contributed by atoms with E-state index in [0.717, 1.165) is 16.0 Å². The molecule has 0 radical (unpaired) electrons. The molecule has 22 heavy (non-hydrogen) atoms. The van der Waals surface area contributed by atoms with Crippen LogP contribution in [0.25, 0.3) is 10.2 Å². The van der Waals surface area contributed by atoms with Crippen molar-refractivity contribution in [3.8, 4) is 11.8 Å². The predicted octanol–water partition coefficient (Wildman–Crippen LogP) is 4.67. The summed E-state index contributed by atoms with van der Waals surface area (Å²) >= 11 is 1.39. The molecule has 2 aromatic carbocycles. The van der Waals surface area contributed by atoms with Crippen LogP contribution in [0, 0.1) is 32.1 Å². The Balaban J connectivity index is 1.84. The van der Waals surface area contributed by atoms with Gasteiger partial charge in [0, 0.05) is 0 Å². The Morgan fingerprint density at radius 1 is 1.14 bits per heavy atom. The molecule has 0 amide bonds. The van der Waals surface area contributed by atoms with Crippen molar-refractivity contribution >= 4 is 21.6 Å². The van der Waals surface area contributed by atoms with Crippen LogP contribution in [0.5, 0.6) is 5.75 Å². The molecule has 0 saturated heterocycles. The summed E-state index contributed by atoms with van der Waals surface area (Å²) in [6.07, 6.45) is 0. The minimum absolute atomic E-state index is 0.484. The zero-order valence-electron chi connectivity index (χ0n) is 12.8. The van der Waals surface area contributed by atoms with Crippen molar-refractivity contribution in [1.82, 2.24) is 4.98 Å². The number of nitriles is 1. The number of fused-ring (bicyclic) bond motifs is 1. The molecular weight excluding hydrogens is 292 g/mol. The van der Waals surface area contributed by atoms with Gasteiger partial charge in [0.15, 0.2) is 5.01 Å². The van der Waals surface area contributed by atoms with E-state index in [1.165, 1.54) is 33.6 Å². The third kappa shape index (κ3) is 2.81. The van der Waals surface area contributed by atoms with Gasteiger partial charge in [-0.2, -0.15) is 5.26 Å². The molecule has 4 heteroatoms. The van der Waals surface area contributed by atoms with Gasteiger partial charge < -0.3 is 4.74 Å². The Hall–Kier alpha value is -2.38. The normalized spacial score (nSPS) is 10.6. The smallest absolute Gasteiger partial charge is 0.195 e. The second-order valence-corrected chi connectivity index (χ2v) is 6.46. The van der Waals surface area contributed by atoms with Crippen LogP contribution in [-0.4, -0.2) is 4.98 Å². The Morgan fingerprint density at radius 2 is 1.86 bits per heavy atom. The molecule has 0 N–H and O–H groups in total. The fourth-order valence-electron chi connectivity index (χ4n) is 2.64. The van der Waals surface area contributed by atoms with Gasteiger partial charge in [-0.3, -0.25) is 0 Å². The molecule has 0 atom stereocenters. The molecule has 1 heterocycles. The molecule has 0 fully saturated rings. The number of hydrogen-bond acceptors (Lipinski definition) is 4. The maximum atomic E-state index is 8.91. The van der Waals surface area contributed by atoms with Gasteiger partial charge in [-0.1, -0.05) is 17.7 Å². The summed E-state index contributed by atoms with van der Waals surface area (Å²) in [4.78, 5) is 4.23. The third-order valence-electron chi connectivity index (χ3n) is 3.68. The van der Waals surface area contributed by atoms with E-state index < -0.39 is 0 Å². The fraction of sp³-hybridized carbons (Fsp3) is 0.222. The van der Waals surface area contributed by atoms with E-state index in [1.54, 1.807) is 0 Å². The first-order valence-electron chi connectivity index (χ1n) is 7.07. The SMILES string of the molecule is Cc1cc(C)c(COc2ccc3nc(C#N)sc3c2)c(C)c1. The first kappa shape index (κ1) is 14.6. The lowest BCUT2D eigenvalue weighted by molar-refractivity contribution is 0.305. The fourth-order valence-corrected chi connectivity index (χ4v) is 3.43. The summed E-state index contributed by atoms with van der Waals surface area (Å²) in [7, 11) is 0. The summed E-state index contributed by atoms with van der Waals surface area (Å²) in [5.41, 5.74) is 5.85. The molecule has 0 aliphatic heterocycles. The van der Waals surface area contributed by atoms with Gasteiger partial charge in [-0.15, -0.1) is 11.3 Å². The predicted molar refractivity (Wildman–Crippen MR) is 89.3 cm³/mol. The topological polar surface area (TPSA) is 45.9 Å². The van der Waals surface area contributed by atoms with Crippen molar-refractivity contribution in [3.05, 3.63) is 57.6 Å². The lowest BCUT2D eigenvalue weighted by Gasteiger charge is -2.12. The highest BCUT2D eigenvalue weighted by atomic mass is 32.1. The number of thiazole rings is 1. The third-order valence-corrected chi connectivity index (χ3v) is 4.60. The summed E-state index contributed by atoms with van der Waals surface area (Å²) in [5.74, 6) is 0.806. The van der Waals surface area contributed by atoms with Crippen LogP contribution in [0.2, 0.25) is 0 Å². The quantitative estimate of drug-likeness (QED) is 0.706. The lowest BCUT2D eigenvalue weighted by atomic mass is 10.0. The first-order chi connectivity index (χ1) is 10.6. The molecule has 0 spiro atoms. The van der Waals surface area contributed by atoms with E-state index >= 15 is 0 Å². The first-order valence-corrected chi connectivity index (χ1v) is 7.88. The van der Waals surface area contributed by atoms with Crippen molar-refractivity contribution in [2.24, 2.45) is 0 Å². The van der Waals surface area contributed by atoms with Crippen LogP contribution in [0.15, 0.2) is 30.3 Å². The van der Waals surface area contributed by atoms with Gasteiger partial charge in [0.25, 0.3) is 0 Å². The van der Waals surface area contributed by atoms with Gasteiger partial charge in [-0.25, -0.2) is 4.98 Å². The highest BCUT2D eigenvalue weighted by Crippen LogP contribution is 2.27. The number of nitrogens with zero attached hydrogens (tertiary/aromatic N) is 2. The van der Waals surface area contributed by atoms with E-state index in [2.05, 4.69) is 44.0 Å². The molecule has 0 aliphatic carbocycles. The van der Waals surface area contributed by atoms with Gasteiger partial charge in [0.05, 0.1) is 10.2 Å². The van der Waals surface area contributed by atoms with Crippen LogP contribution >= 0.6 is 11.3 Å². The van der Waals surface area contributed by atoms with Gasteiger partial charge >= 0.3 is 0 Å². The number of aromatic nitrogens is 1. The Morgan fingerprint density at radius 3 is 2.55 bits per heavy atom.